The quantitative estimate of drug-likeness (QED) is 0.182. The minimum absolute atomic E-state index is 0.246. The van der Waals surface area contributed by atoms with Gasteiger partial charge in [-0.05, 0) is 95.8 Å². The van der Waals surface area contributed by atoms with Crippen LogP contribution in [0.15, 0.2) is 134 Å². The number of fused-ring (bicyclic) bond motifs is 4. The zero-order chi connectivity index (χ0) is 31.6. The predicted molar refractivity (Wildman–Crippen MR) is 190 cm³/mol. The van der Waals surface area contributed by atoms with Gasteiger partial charge < -0.3 is 0 Å². The molecule has 0 amide bonds. The van der Waals surface area contributed by atoms with Gasteiger partial charge >= 0.3 is 0 Å². The maximum Gasteiger partial charge on any atom is 0.249 e. The molecule has 46 heavy (non-hydrogen) atoms. The zero-order valence-electron chi connectivity index (χ0n) is 27.0. The van der Waals surface area contributed by atoms with Crippen LogP contribution in [0.2, 0.25) is 0 Å². The fourth-order valence-corrected chi connectivity index (χ4v) is 7.25. The normalized spacial score (nSPS) is 12.0. The van der Waals surface area contributed by atoms with Crippen LogP contribution in [-0.4, -0.2) is 14.1 Å². The third-order valence-electron chi connectivity index (χ3n) is 9.80. The highest BCUT2D eigenvalue weighted by molar-refractivity contribution is 6.09. The summed E-state index contributed by atoms with van der Waals surface area (Å²) in [6.45, 7) is 9.03. The Labute approximate surface area is 269 Å². The lowest BCUT2D eigenvalue weighted by Crippen LogP contribution is -2.25. The molecular weight excluding hydrogens is 560 g/mol. The average Bonchev–Trinajstić information content (AvgIpc) is 3.59. The molecule has 0 saturated carbocycles. The van der Waals surface area contributed by atoms with E-state index in [0.717, 1.165) is 22.5 Å². The monoisotopic (exact) mass is 597 g/mol. The lowest BCUT2D eigenvalue weighted by Gasteiger charge is -2.26. The number of nitrogens with zero attached hydrogens (tertiary/aromatic N) is 4. The summed E-state index contributed by atoms with van der Waals surface area (Å²) in [4.78, 5) is 4.95. The summed E-state index contributed by atoms with van der Waals surface area (Å²) in [7, 11) is 2.10. The number of rotatable bonds is 5. The Morgan fingerprint density at radius 1 is 0.630 bits per heavy atom. The maximum atomic E-state index is 4.95. The van der Waals surface area contributed by atoms with Gasteiger partial charge in [0.05, 0.1) is 18.1 Å². The van der Waals surface area contributed by atoms with Gasteiger partial charge in [0.2, 0.25) is 6.33 Å². The summed E-state index contributed by atoms with van der Waals surface area (Å²) < 4.78 is 6.80. The number of para-hydroxylation sites is 3. The van der Waals surface area contributed by atoms with E-state index in [2.05, 4.69) is 176 Å². The average molecular weight is 598 g/mol. The van der Waals surface area contributed by atoms with E-state index in [1.807, 2.05) is 6.20 Å². The van der Waals surface area contributed by atoms with Crippen LogP contribution >= 0.6 is 0 Å². The number of hydrogen-bond donors (Lipinski definition) is 0. The van der Waals surface area contributed by atoms with Crippen LogP contribution in [0.3, 0.4) is 0 Å². The number of aryl methyl sites for hydroxylation is 3. The first-order valence-corrected chi connectivity index (χ1v) is 15.9. The van der Waals surface area contributed by atoms with Crippen molar-refractivity contribution in [3.8, 4) is 22.6 Å². The number of benzene rings is 5. The molecule has 0 aliphatic rings. The number of hydrogen-bond acceptors (Lipinski definition) is 1. The van der Waals surface area contributed by atoms with Crippen molar-refractivity contribution in [2.45, 2.75) is 33.1 Å². The second-order valence-electron chi connectivity index (χ2n) is 13.0. The predicted octanol–water partition coefficient (Wildman–Crippen LogP) is 9.56. The fraction of sp³-hybridized carbons (Fsp3) is 0.143. The van der Waals surface area contributed by atoms with Gasteiger partial charge in [-0.15, -0.1) is 0 Å². The van der Waals surface area contributed by atoms with Crippen LogP contribution in [0.25, 0.3) is 55.5 Å². The maximum absolute atomic E-state index is 4.95. The third-order valence-corrected chi connectivity index (χ3v) is 9.80. The second kappa shape index (κ2) is 10.6. The minimum Gasteiger partial charge on any atom is -0.294 e. The van der Waals surface area contributed by atoms with Gasteiger partial charge in [-0.1, -0.05) is 86.6 Å². The van der Waals surface area contributed by atoms with Gasteiger partial charge in [-0.2, -0.15) is 4.57 Å². The summed E-state index contributed by atoms with van der Waals surface area (Å²) >= 11 is 0. The lowest BCUT2D eigenvalue weighted by atomic mass is 9.77. The topological polar surface area (TPSA) is 26.6 Å². The third kappa shape index (κ3) is 4.36. The van der Waals surface area contributed by atoms with Gasteiger partial charge in [0.25, 0.3) is 0 Å². The van der Waals surface area contributed by atoms with Crippen LogP contribution in [0.5, 0.6) is 0 Å². The molecule has 5 aromatic carbocycles. The van der Waals surface area contributed by atoms with E-state index in [1.165, 1.54) is 55.2 Å². The van der Waals surface area contributed by atoms with Crippen LogP contribution in [0.1, 0.15) is 36.1 Å². The molecule has 0 spiro atoms. The van der Waals surface area contributed by atoms with Crippen LogP contribution in [0, 0.1) is 13.8 Å². The van der Waals surface area contributed by atoms with Crippen LogP contribution in [0.4, 0.5) is 0 Å². The summed E-state index contributed by atoms with van der Waals surface area (Å²) in [5.41, 5.74) is 13.2. The van der Waals surface area contributed by atoms with Crippen molar-refractivity contribution in [2.75, 3.05) is 0 Å². The Morgan fingerprint density at radius 2 is 1.33 bits per heavy atom. The molecule has 0 aliphatic heterocycles. The summed E-state index contributed by atoms with van der Waals surface area (Å²) in [6, 6.07) is 44.0. The molecular formula is C42H37N4+. The fourth-order valence-electron chi connectivity index (χ4n) is 7.25. The van der Waals surface area contributed by atoms with Crippen molar-refractivity contribution < 1.29 is 4.57 Å². The Hall–Kier alpha value is -5.48. The Balaban J connectivity index is 1.29. The second-order valence-corrected chi connectivity index (χ2v) is 13.0. The largest absolute Gasteiger partial charge is 0.294 e. The van der Waals surface area contributed by atoms with Gasteiger partial charge in [-0.25, -0.2) is 9.55 Å². The van der Waals surface area contributed by atoms with Crippen molar-refractivity contribution in [3.05, 3.63) is 156 Å². The van der Waals surface area contributed by atoms with Gasteiger partial charge in [0, 0.05) is 22.4 Å². The Bertz CT molecular complexity index is 2420. The van der Waals surface area contributed by atoms with E-state index in [1.54, 1.807) is 0 Å². The van der Waals surface area contributed by atoms with E-state index in [4.69, 9.17) is 4.98 Å². The summed E-state index contributed by atoms with van der Waals surface area (Å²) in [6.07, 6.45) is 4.11. The Morgan fingerprint density at radius 3 is 2.15 bits per heavy atom. The van der Waals surface area contributed by atoms with Crippen LogP contribution < -0.4 is 4.57 Å². The number of imidazole rings is 1. The zero-order valence-corrected chi connectivity index (χ0v) is 27.0. The molecule has 4 heteroatoms. The highest BCUT2D eigenvalue weighted by Crippen LogP contribution is 2.39. The molecule has 224 valence electrons. The molecule has 0 atom stereocenters. The van der Waals surface area contributed by atoms with Crippen molar-refractivity contribution >= 4 is 32.8 Å². The number of pyridine rings is 1. The highest BCUT2D eigenvalue weighted by atomic mass is 15.1. The molecule has 0 N–H and O–H groups in total. The van der Waals surface area contributed by atoms with Crippen molar-refractivity contribution in [3.63, 3.8) is 0 Å². The van der Waals surface area contributed by atoms with Crippen molar-refractivity contribution in [1.82, 2.24) is 14.1 Å². The summed E-state index contributed by atoms with van der Waals surface area (Å²) in [5.74, 6) is 0.927. The Kier molecular flexibility index (Phi) is 6.43. The molecule has 0 bridgehead atoms. The molecule has 0 aliphatic carbocycles. The lowest BCUT2D eigenvalue weighted by molar-refractivity contribution is -0.645. The van der Waals surface area contributed by atoms with E-state index < -0.39 is 0 Å². The van der Waals surface area contributed by atoms with Gasteiger partial charge in [0.1, 0.15) is 11.5 Å². The van der Waals surface area contributed by atoms with E-state index >= 15 is 0 Å². The SMILES string of the molecule is Cc1cccc(C)c1-c1ccnc(-n2c3ccccc3c3ccc(C(C)(C)c4cccc(-n5c[n+](C)c6ccccc65)c4)cc32)c1. The standard InChI is InChI=1S/C42H37N4/c1-28-12-10-13-29(2)41(28)30-22-23-43-40(24-30)46-36-17-7-6-16-34(36)35-21-20-32(26-39(35)46)42(3,4)31-14-11-15-33(25-31)45-27-44(5)37-18-8-9-19-38(37)45/h6-27H,1-5H3/q+1. The molecule has 3 aromatic heterocycles. The molecule has 0 saturated heterocycles. The molecule has 0 unspecified atom stereocenters. The van der Waals surface area contributed by atoms with E-state index in [9.17, 15) is 0 Å². The van der Waals surface area contributed by atoms with Crippen molar-refractivity contribution in [1.29, 1.82) is 0 Å². The number of aromatic nitrogens is 4. The van der Waals surface area contributed by atoms with Crippen LogP contribution in [-0.2, 0) is 12.5 Å². The first kappa shape index (κ1) is 28.0. The first-order valence-electron chi connectivity index (χ1n) is 15.9. The molecule has 3 heterocycles. The minimum atomic E-state index is -0.246. The molecule has 0 radical (unpaired) electrons. The molecule has 0 fully saturated rings. The van der Waals surface area contributed by atoms with Gasteiger partial charge in [0.15, 0.2) is 11.0 Å². The van der Waals surface area contributed by atoms with Crippen molar-refractivity contribution in [2.24, 2.45) is 7.05 Å². The first-order chi connectivity index (χ1) is 22.3. The van der Waals surface area contributed by atoms with E-state index in [0.29, 0.717) is 0 Å². The molecule has 8 aromatic rings. The van der Waals surface area contributed by atoms with E-state index in [-0.39, 0.29) is 5.41 Å². The molecule has 8 rings (SSSR count). The highest BCUT2D eigenvalue weighted by Gasteiger charge is 2.26. The smallest absolute Gasteiger partial charge is 0.249 e. The van der Waals surface area contributed by atoms with Gasteiger partial charge in [-0.3, -0.25) is 4.57 Å². The molecule has 4 nitrogen and oxygen atoms in total. The summed E-state index contributed by atoms with van der Waals surface area (Å²) in [5, 5.41) is 2.46.